The van der Waals surface area contributed by atoms with E-state index >= 15 is 4.39 Å². The first-order chi connectivity index (χ1) is 14.0. The van der Waals surface area contributed by atoms with Gasteiger partial charge in [0.2, 0.25) is 0 Å². The number of aromatic nitrogens is 3. The molecule has 2 aromatic heterocycles. The summed E-state index contributed by atoms with van der Waals surface area (Å²) in [6, 6.07) is 3.50. The molecule has 7 heteroatoms. The van der Waals surface area contributed by atoms with E-state index in [0.29, 0.717) is 11.6 Å². The minimum absolute atomic E-state index is 0.0354. The third-order valence-electron chi connectivity index (χ3n) is 6.50. The van der Waals surface area contributed by atoms with Crippen LogP contribution in [0.2, 0.25) is 0 Å². The molecule has 152 valence electrons. The van der Waals surface area contributed by atoms with Gasteiger partial charge in [0.1, 0.15) is 5.82 Å². The van der Waals surface area contributed by atoms with E-state index in [-0.39, 0.29) is 23.5 Å². The summed E-state index contributed by atoms with van der Waals surface area (Å²) in [6.45, 7) is 5.48. The van der Waals surface area contributed by atoms with Crippen LogP contribution in [0.25, 0.3) is 22.0 Å². The number of benzene rings is 1. The van der Waals surface area contributed by atoms with E-state index in [0.717, 1.165) is 59.9 Å². The fraction of sp³-hybridized carbons (Fsp3) is 0.455. The fourth-order valence-electron chi connectivity index (χ4n) is 4.79. The van der Waals surface area contributed by atoms with Crippen molar-refractivity contribution < 1.29 is 4.39 Å². The van der Waals surface area contributed by atoms with Crippen molar-refractivity contribution in [3.05, 3.63) is 46.3 Å². The topological polar surface area (TPSA) is 79.9 Å². The van der Waals surface area contributed by atoms with E-state index in [9.17, 15) is 4.79 Å². The van der Waals surface area contributed by atoms with Crippen LogP contribution in [-0.2, 0) is 0 Å². The number of hydrogen-bond acceptors (Lipinski definition) is 4. The van der Waals surface area contributed by atoms with Gasteiger partial charge in [-0.05, 0) is 56.2 Å². The molecule has 1 aliphatic heterocycles. The SMILES string of the molecule is Cc1c(N2CCC([C@H](C)N)C2)c(F)cc2c(-c3cn[nH]c3)cc(=O)n(C3CC3)c12. The van der Waals surface area contributed by atoms with Crippen molar-refractivity contribution in [2.24, 2.45) is 11.7 Å². The fourth-order valence-corrected chi connectivity index (χ4v) is 4.79. The summed E-state index contributed by atoms with van der Waals surface area (Å²) in [5.74, 6) is 0.110. The van der Waals surface area contributed by atoms with Gasteiger partial charge >= 0.3 is 0 Å². The highest BCUT2D eigenvalue weighted by Gasteiger charge is 2.32. The number of aryl methyl sites for hydroxylation is 1. The predicted molar refractivity (Wildman–Crippen MR) is 113 cm³/mol. The van der Waals surface area contributed by atoms with Crippen molar-refractivity contribution in [2.75, 3.05) is 18.0 Å². The first kappa shape index (κ1) is 18.4. The van der Waals surface area contributed by atoms with Gasteiger partial charge in [-0.2, -0.15) is 5.10 Å². The number of aromatic amines is 1. The number of nitrogens with one attached hydrogen (secondary N) is 1. The number of hydrogen-bond donors (Lipinski definition) is 2. The smallest absolute Gasteiger partial charge is 0.251 e. The maximum atomic E-state index is 15.4. The van der Waals surface area contributed by atoms with Gasteiger partial charge in [0.25, 0.3) is 5.56 Å². The second-order valence-corrected chi connectivity index (χ2v) is 8.57. The van der Waals surface area contributed by atoms with Gasteiger partial charge < -0.3 is 15.2 Å². The summed E-state index contributed by atoms with van der Waals surface area (Å²) in [4.78, 5) is 15.2. The Labute approximate surface area is 168 Å². The Bertz CT molecular complexity index is 1130. The highest BCUT2D eigenvalue weighted by Crippen LogP contribution is 2.42. The van der Waals surface area contributed by atoms with E-state index in [2.05, 4.69) is 15.1 Å². The summed E-state index contributed by atoms with van der Waals surface area (Å²) in [5.41, 5.74) is 9.86. The molecule has 1 aliphatic carbocycles. The van der Waals surface area contributed by atoms with Crippen LogP contribution in [-0.4, -0.2) is 33.9 Å². The number of rotatable bonds is 4. The molecule has 3 N–H and O–H groups in total. The van der Waals surface area contributed by atoms with Gasteiger partial charge in [-0.1, -0.05) is 0 Å². The summed E-state index contributed by atoms with van der Waals surface area (Å²) >= 11 is 0. The van der Waals surface area contributed by atoms with E-state index in [1.165, 1.54) is 0 Å². The number of fused-ring (bicyclic) bond motifs is 1. The van der Waals surface area contributed by atoms with Crippen molar-refractivity contribution in [1.29, 1.82) is 0 Å². The molecular weight excluding hydrogens is 369 g/mol. The Morgan fingerprint density at radius 1 is 1.31 bits per heavy atom. The number of nitrogens with zero attached hydrogens (tertiary/aromatic N) is 3. The molecule has 2 atom stereocenters. The molecule has 1 saturated heterocycles. The Kier molecular flexibility index (Phi) is 4.24. The molecule has 0 bridgehead atoms. The molecule has 1 aromatic carbocycles. The number of anilines is 1. The van der Waals surface area contributed by atoms with Crippen LogP contribution in [0.5, 0.6) is 0 Å². The van der Waals surface area contributed by atoms with Crippen LogP contribution in [0, 0.1) is 18.7 Å². The molecule has 2 aliphatic rings. The lowest BCUT2D eigenvalue weighted by Crippen LogP contribution is -2.30. The van der Waals surface area contributed by atoms with Gasteiger partial charge in [-0.15, -0.1) is 0 Å². The van der Waals surface area contributed by atoms with Gasteiger partial charge in [-0.25, -0.2) is 4.39 Å². The molecule has 1 saturated carbocycles. The molecule has 0 spiro atoms. The third kappa shape index (κ3) is 2.95. The zero-order chi connectivity index (χ0) is 20.3. The van der Waals surface area contributed by atoms with Gasteiger partial charge in [-0.3, -0.25) is 9.89 Å². The number of nitrogens with two attached hydrogens (primary N) is 1. The predicted octanol–water partition coefficient (Wildman–Crippen LogP) is 3.35. The van der Waals surface area contributed by atoms with Crippen LogP contribution in [0.1, 0.15) is 37.8 Å². The number of pyridine rings is 1. The molecule has 5 rings (SSSR count). The maximum Gasteiger partial charge on any atom is 0.251 e. The Morgan fingerprint density at radius 3 is 2.72 bits per heavy atom. The summed E-state index contributed by atoms with van der Waals surface area (Å²) in [5, 5.41) is 7.56. The molecule has 0 radical (unpaired) electrons. The molecule has 2 fully saturated rings. The minimum Gasteiger partial charge on any atom is -0.369 e. The monoisotopic (exact) mass is 395 g/mol. The maximum absolute atomic E-state index is 15.4. The lowest BCUT2D eigenvalue weighted by molar-refractivity contribution is 0.487. The Morgan fingerprint density at radius 2 is 2.10 bits per heavy atom. The second kappa shape index (κ2) is 6.69. The van der Waals surface area contributed by atoms with Gasteiger partial charge in [0.15, 0.2) is 0 Å². The highest BCUT2D eigenvalue weighted by molar-refractivity contribution is 5.98. The Hall–Kier alpha value is -2.67. The zero-order valence-corrected chi connectivity index (χ0v) is 16.8. The van der Waals surface area contributed by atoms with Crippen molar-refractivity contribution in [3.8, 4) is 11.1 Å². The molecule has 3 heterocycles. The molecule has 1 unspecified atom stereocenters. The number of halogens is 1. The molecule has 0 amide bonds. The number of H-pyrrole nitrogens is 1. The van der Waals surface area contributed by atoms with Crippen LogP contribution < -0.4 is 16.2 Å². The summed E-state index contributed by atoms with van der Waals surface area (Å²) in [7, 11) is 0. The zero-order valence-electron chi connectivity index (χ0n) is 16.8. The van der Waals surface area contributed by atoms with Crippen molar-refractivity contribution >= 4 is 16.6 Å². The van der Waals surface area contributed by atoms with E-state index in [1.54, 1.807) is 24.5 Å². The average Bonchev–Trinajstić information content (AvgIpc) is 3.16. The second-order valence-electron chi connectivity index (χ2n) is 8.57. The quantitative estimate of drug-likeness (QED) is 0.710. The Balaban J connectivity index is 1.76. The van der Waals surface area contributed by atoms with Crippen molar-refractivity contribution in [3.63, 3.8) is 0 Å². The highest BCUT2D eigenvalue weighted by atomic mass is 19.1. The third-order valence-corrected chi connectivity index (χ3v) is 6.50. The van der Waals surface area contributed by atoms with Crippen LogP contribution in [0.15, 0.2) is 29.3 Å². The van der Waals surface area contributed by atoms with E-state index in [4.69, 9.17) is 5.73 Å². The molecule has 3 aromatic rings. The van der Waals surface area contributed by atoms with Crippen LogP contribution in [0.3, 0.4) is 0 Å². The van der Waals surface area contributed by atoms with Crippen LogP contribution in [0.4, 0.5) is 10.1 Å². The van der Waals surface area contributed by atoms with E-state index < -0.39 is 0 Å². The lowest BCUT2D eigenvalue weighted by atomic mass is 9.99. The summed E-state index contributed by atoms with van der Waals surface area (Å²) < 4.78 is 17.3. The minimum atomic E-state index is -0.244. The van der Waals surface area contributed by atoms with E-state index in [1.807, 2.05) is 18.4 Å². The molecular formula is C22H26FN5O. The average molecular weight is 395 g/mol. The first-order valence-electron chi connectivity index (χ1n) is 10.3. The molecule has 29 heavy (non-hydrogen) atoms. The first-order valence-corrected chi connectivity index (χ1v) is 10.3. The lowest BCUT2D eigenvalue weighted by Gasteiger charge is -2.25. The largest absolute Gasteiger partial charge is 0.369 e. The summed E-state index contributed by atoms with van der Waals surface area (Å²) in [6.07, 6.45) is 6.35. The van der Waals surface area contributed by atoms with Crippen LogP contribution >= 0.6 is 0 Å². The van der Waals surface area contributed by atoms with Crippen molar-refractivity contribution in [1.82, 2.24) is 14.8 Å². The van der Waals surface area contributed by atoms with Gasteiger partial charge in [0.05, 0.1) is 17.4 Å². The molecule has 6 nitrogen and oxygen atoms in total. The standard InChI is InChI=1S/C22H26FN5O/c1-12-21-18(7-19(23)22(12)27-6-5-14(11-27)13(2)24)17(15-9-25-26-10-15)8-20(29)28(21)16-3-4-16/h7-10,13-14,16H,3-6,11,24H2,1-2H3,(H,25,26)/t13-,14?/m0/s1. The normalized spacial score (nSPS) is 20.6. The van der Waals surface area contributed by atoms with Crippen molar-refractivity contribution in [2.45, 2.75) is 45.2 Å². The van der Waals surface area contributed by atoms with Gasteiger partial charge in [0, 0.05) is 48.4 Å².